The zero-order valence-corrected chi connectivity index (χ0v) is 19.2. The number of H-pyrrole nitrogens is 1. The molecule has 8 heteroatoms. The highest BCUT2D eigenvalue weighted by atomic mass is 32.2. The molecule has 5 aromatic rings. The van der Waals surface area contributed by atoms with E-state index in [1.807, 2.05) is 73.8 Å². The molecule has 0 spiro atoms. The number of fused-ring (bicyclic) bond motifs is 2. The summed E-state index contributed by atoms with van der Waals surface area (Å²) in [7, 11) is 0. The molecular formula is C26H21N5O2S. The molecule has 0 radical (unpaired) electrons. The third-order valence-corrected chi connectivity index (χ3v) is 6.32. The Labute approximate surface area is 199 Å². The largest absolute Gasteiger partial charge is 0.361 e. The second-order valence-corrected chi connectivity index (χ2v) is 8.70. The summed E-state index contributed by atoms with van der Waals surface area (Å²) in [5.41, 5.74) is 6.65. The fourth-order valence-corrected chi connectivity index (χ4v) is 4.47. The van der Waals surface area contributed by atoms with E-state index < -0.39 is 0 Å². The van der Waals surface area contributed by atoms with Crippen LogP contribution in [0.5, 0.6) is 0 Å². The molecule has 0 fully saturated rings. The number of hydrogen-bond donors (Lipinski definition) is 2. The number of hydrazone groups is 1. The van der Waals surface area contributed by atoms with Crippen LogP contribution in [-0.4, -0.2) is 32.4 Å². The van der Waals surface area contributed by atoms with E-state index in [-0.39, 0.29) is 17.2 Å². The Bertz CT molecular complexity index is 1580. The number of para-hydroxylation sites is 2. The lowest BCUT2D eigenvalue weighted by Crippen LogP contribution is -2.24. The maximum Gasteiger partial charge on any atom is 0.266 e. The van der Waals surface area contributed by atoms with Crippen LogP contribution >= 0.6 is 11.8 Å². The van der Waals surface area contributed by atoms with Gasteiger partial charge in [0.25, 0.3) is 11.5 Å². The molecule has 0 atom stereocenters. The average molecular weight is 468 g/mol. The van der Waals surface area contributed by atoms with Crippen LogP contribution in [0.15, 0.2) is 94.0 Å². The van der Waals surface area contributed by atoms with Gasteiger partial charge in [-0.3, -0.25) is 14.2 Å². The van der Waals surface area contributed by atoms with Gasteiger partial charge in [0.05, 0.1) is 28.6 Å². The van der Waals surface area contributed by atoms with Crippen molar-refractivity contribution in [2.75, 3.05) is 5.75 Å². The van der Waals surface area contributed by atoms with Gasteiger partial charge in [0.1, 0.15) is 0 Å². The smallest absolute Gasteiger partial charge is 0.266 e. The van der Waals surface area contributed by atoms with Crippen molar-refractivity contribution >= 4 is 45.7 Å². The Morgan fingerprint density at radius 1 is 1.06 bits per heavy atom. The van der Waals surface area contributed by atoms with Gasteiger partial charge in [-0.2, -0.15) is 5.10 Å². The van der Waals surface area contributed by atoms with Crippen LogP contribution in [0.3, 0.4) is 0 Å². The lowest BCUT2D eigenvalue weighted by Gasteiger charge is -2.13. The molecule has 5 rings (SSSR count). The van der Waals surface area contributed by atoms with Crippen LogP contribution in [0.1, 0.15) is 11.1 Å². The predicted molar refractivity (Wildman–Crippen MR) is 137 cm³/mol. The van der Waals surface area contributed by atoms with E-state index in [0.29, 0.717) is 21.7 Å². The molecule has 2 heterocycles. The fraction of sp³-hybridized carbons (Fsp3) is 0.0769. The topological polar surface area (TPSA) is 92.1 Å². The molecular weight excluding hydrogens is 446 g/mol. The Morgan fingerprint density at radius 3 is 2.62 bits per heavy atom. The first-order chi connectivity index (χ1) is 16.6. The average Bonchev–Trinajstić information content (AvgIpc) is 3.27. The monoisotopic (exact) mass is 467 g/mol. The molecule has 7 nitrogen and oxygen atoms in total. The molecule has 0 aliphatic heterocycles. The molecule has 34 heavy (non-hydrogen) atoms. The van der Waals surface area contributed by atoms with Crippen LogP contribution < -0.4 is 11.0 Å². The molecule has 0 saturated carbocycles. The van der Waals surface area contributed by atoms with Crippen LogP contribution in [0.25, 0.3) is 27.5 Å². The highest BCUT2D eigenvalue weighted by Crippen LogP contribution is 2.21. The van der Waals surface area contributed by atoms with Crippen LogP contribution in [-0.2, 0) is 4.79 Å². The van der Waals surface area contributed by atoms with Crippen molar-refractivity contribution in [3.05, 3.63) is 100 Å². The van der Waals surface area contributed by atoms with Gasteiger partial charge in [0, 0.05) is 22.7 Å². The Balaban J connectivity index is 1.36. The lowest BCUT2D eigenvalue weighted by molar-refractivity contribution is -0.118. The molecule has 0 aliphatic rings. The van der Waals surface area contributed by atoms with Crippen LogP contribution in [0.2, 0.25) is 0 Å². The van der Waals surface area contributed by atoms with Gasteiger partial charge < -0.3 is 4.98 Å². The quantitative estimate of drug-likeness (QED) is 0.167. The third kappa shape index (κ3) is 4.35. The lowest BCUT2D eigenvalue weighted by atomic mass is 10.2. The number of amides is 1. The number of aromatic amines is 1. The number of aryl methyl sites for hydroxylation is 1. The maximum absolute atomic E-state index is 13.3. The number of nitrogens with one attached hydrogen (secondary N) is 2. The van der Waals surface area contributed by atoms with E-state index in [2.05, 4.69) is 20.5 Å². The molecule has 1 amide bonds. The summed E-state index contributed by atoms with van der Waals surface area (Å²) in [5.74, 6) is -0.235. The van der Waals surface area contributed by atoms with Crippen molar-refractivity contribution in [2.45, 2.75) is 12.1 Å². The van der Waals surface area contributed by atoms with Gasteiger partial charge in [0.2, 0.25) is 0 Å². The third-order valence-electron chi connectivity index (χ3n) is 5.38. The van der Waals surface area contributed by atoms with E-state index in [0.717, 1.165) is 22.0 Å². The highest BCUT2D eigenvalue weighted by Gasteiger charge is 2.14. The van der Waals surface area contributed by atoms with Crippen molar-refractivity contribution in [1.82, 2.24) is 20.0 Å². The summed E-state index contributed by atoms with van der Waals surface area (Å²) in [4.78, 5) is 33.6. The van der Waals surface area contributed by atoms with Crippen molar-refractivity contribution in [1.29, 1.82) is 0 Å². The number of carbonyl (C=O) groups excluding carboxylic acids is 1. The highest BCUT2D eigenvalue weighted by molar-refractivity contribution is 7.99. The zero-order chi connectivity index (χ0) is 23.5. The molecule has 168 valence electrons. The minimum absolute atomic E-state index is 0.0574. The first-order valence-corrected chi connectivity index (χ1v) is 11.7. The van der Waals surface area contributed by atoms with E-state index in [1.165, 1.54) is 11.8 Å². The summed E-state index contributed by atoms with van der Waals surface area (Å²) in [6.07, 6.45) is 3.45. The zero-order valence-electron chi connectivity index (χ0n) is 18.4. The second-order valence-electron chi connectivity index (χ2n) is 7.76. The van der Waals surface area contributed by atoms with Crippen molar-refractivity contribution in [3.8, 4) is 5.69 Å². The molecule has 0 saturated heterocycles. The summed E-state index contributed by atoms with van der Waals surface area (Å²) < 4.78 is 1.55. The SMILES string of the molecule is Cc1ccc(-n2c(SCC(=O)NN=Cc3c[nH]c4ccccc34)nc3ccccc3c2=O)cc1. The summed E-state index contributed by atoms with van der Waals surface area (Å²) >= 11 is 1.19. The van der Waals surface area contributed by atoms with Gasteiger partial charge in [0.15, 0.2) is 5.16 Å². The first-order valence-electron chi connectivity index (χ1n) is 10.7. The van der Waals surface area contributed by atoms with Gasteiger partial charge in [-0.15, -0.1) is 0 Å². The van der Waals surface area contributed by atoms with Crippen LogP contribution in [0.4, 0.5) is 0 Å². The molecule has 2 aromatic heterocycles. The van der Waals surface area contributed by atoms with E-state index in [4.69, 9.17) is 0 Å². The summed E-state index contributed by atoms with van der Waals surface area (Å²) in [6, 6.07) is 22.7. The number of thioether (sulfide) groups is 1. The molecule has 0 unspecified atom stereocenters. The number of hydrogen-bond acceptors (Lipinski definition) is 5. The first kappa shape index (κ1) is 21.7. The molecule has 0 aliphatic carbocycles. The van der Waals surface area contributed by atoms with E-state index >= 15 is 0 Å². The number of rotatable bonds is 6. The van der Waals surface area contributed by atoms with Crippen molar-refractivity contribution in [2.24, 2.45) is 5.10 Å². The fourth-order valence-electron chi connectivity index (χ4n) is 3.67. The predicted octanol–water partition coefficient (Wildman–Crippen LogP) is 4.42. The van der Waals surface area contributed by atoms with E-state index in [1.54, 1.807) is 22.9 Å². The number of nitrogens with zero attached hydrogens (tertiary/aromatic N) is 3. The number of benzene rings is 3. The van der Waals surface area contributed by atoms with Gasteiger partial charge in [-0.05, 0) is 37.3 Å². The Morgan fingerprint density at radius 2 is 1.79 bits per heavy atom. The Kier molecular flexibility index (Phi) is 5.97. The van der Waals surface area contributed by atoms with Gasteiger partial charge in [-0.1, -0.05) is 59.8 Å². The minimum Gasteiger partial charge on any atom is -0.361 e. The minimum atomic E-state index is -0.293. The molecule has 3 aromatic carbocycles. The van der Waals surface area contributed by atoms with Crippen molar-refractivity contribution < 1.29 is 4.79 Å². The Hall–Kier alpha value is -4.17. The summed E-state index contributed by atoms with van der Waals surface area (Å²) in [5, 5.41) is 6.09. The molecule has 0 bridgehead atoms. The van der Waals surface area contributed by atoms with E-state index in [9.17, 15) is 9.59 Å². The number of aromatic nitrogens is 3. The number of carbonyl (C=O) groups is 1. The van der Waals surface area contributed by atoms with Crippen molar-refractivity contribution in [3.63, 3.8) is 0 Å². The summed E-state index contributed by atoms with van der Waals surface area (Å²) in [6.45, 7) is 1.99. The van der Waals surface area contributed by atoms with Crippen LogP contribution in [0, 0.1) is 6.92 Å². The van der Waals surface area contributed by atoms with Gasteiger partial charge >= 0.3 is 0 Å². The molecule has 2 N–H and O–H groups in total. The van der Waals surface area contributed by atoms with Gasteiger partial charge in [-0.25, -0.2) is 10.4 Å². The maximum atomic E-state index is 13.3. The normalized spacial score (nSPS) is 11.4. The second kappa shape index (κ2) is 9.36. The standard InChI is InChI=1S/C26H21N5O2S/c1-17-10-12-19(13-11-17)31-25(33)21-7-3-5-9-23(21)29-26(31)34-16-24(32)30-28-15-18-14-27-22-8-4-2-6-20(18)22/h2-15,27H,16H2,1H3,(H,30,32).